The Hall–Kier alpha value is -2.37. The second-order valence-electron chi connectivity index (χ2n) is 6.88. The minimum Gasteiger partial charge on any atom is -0.491 e. The highest BCUT2D eigenvalue weighted by molar-refractivity contribution is 5.78. The summed E-state index contributed by atoms with van der Waals surface area (Å²) in [5.74, 6) is 0.862. The van der Waals surface area contributed by atoms with Crippen LogP contribution in [0.1, 0.15) is 12.8 Å². The number of likely N-dealkylation sites (N-methyl/N-ethyl adjacent to an activating group) is 1. The zero-order valence-electron chi connectivity index (χ0n) is 15.1. The Morgan fingerprint density at radius 1 is 1.15 bits per heavy atom. The molecule has 0 bridgehead atoms. The van der Waals surface area contributed by atoms with E-state index >= 15 is 0 Å². The van der Waals surface area contributed by atoms with Crippen molar-refractivity contribution in [2.45, 2.75) is 25.0 Å². The minimum absolute atomic E-state index is 0.117. The summed E-state index contributed by atoms with van der Waals surface area (Å²) in [7, 11) is 1.95. The van der Waals surface area contributed by atoms with Gasteiger partial charge in [-0.15, -0.1) is 0 Å². The van der Waals surface area contributed by atoms with Gasteiger partial charge >= 0.3 is 0 Å². The Kier molecular flexibility index (Phi) is 6.26. The number of hydrogen-bond acceptors (Lipinski definition) is 4. The predicted molar refractivity (Wildman–Crippen MR) is 102 cm³/mol. The van der Waals surface area contributed by atoms with Crippen LogP contribution in [0.25, 0.3) is 11.1 Å². The quantitative estimate of drug-likeness (QED) is 0.764. The number of nitrogens with zero attached hydrogens (tertiary/aromatic N) is 1. The predicted octanol–water partition coefficient (Wildman–Crippen LogP) is 2.30. The first kappa shape index (κ1) is 18.4. The number of carbonyl (C=O) groups is 1. The number of aliphatic hydroxyl groups is 1. The number of aliphatic hydroxyl groups excluding tert-OH is 1. The van der Waals surface area contributed by atoms with E-state index in [1.165, 1.54) is 5.56 Å². The Morgan fingerprint density at radius 2 is 1.85 bits per heavy atom. The summed E-state index contributed by atoms with van der Waals surface area (Å²) in [4.78, 5) is 13.3. The molecule has 26 heavy (non-hydrogen) atoms. The number of hydrogen-bond donors (Lipinski definition) is 2. The van der Waals surface area contributed by atoms with Crippen molar-refractivity contribution >= 4 is 5.91 Å². The van der Waals surface area contributed by atoms with Gasteiger partial charge in [0.25, 0.3) is 0 Å². The Balaban J connectivity index is 1.42. The molecule has 1 heterocycles. The fraction of sp³-hybridized carbons (Fsp3) is 0.381. The van der Waals surface area contributed by atoms with E-state index in [9.17, 15) is 9.90 Å². The highest BCUT2D eigenvalue weighted by atomic mass is 16.5. The highest BCUT2D eigenvalue weighted by Gasteiger charge is 2.22. The van der Waals surface area contributed by atoms with Gasteiger partial charge < -0.3 is 20.1 Å². The molecule has 2 N–H and O–H groups in total. The third-order valence-electron chi connectivity index (χ3n) is 4.54. The molecule has 0 spiro atoms. The van der Waals surface area contributed by atoms with Crippen LogP contribution in [0.5, 0.6) is 5.75 Å². The lowest BCUT2D eigenvalue weighted by atomic mass is 10.1. The number of amides is 1. The van der Waals surface area contributed by atoms with Gasteiger partial charge in [0.1, 0.15) is 18.5 Å². The van der Waals surface area contributed by atoms with E-state index in [1.54, 1.807) is 0 Å². The van der Waals surface area contributed by atoms with Crippen LogP contribution in [0.3, 0.4) is 0 Å². The molecule has 1 saturated heterocycles. The van der Waals surface area contributed by atoms with Gasteiger partial charge in [0.2, 0.25) is 5.91 Å². The molecule has 3 rings (SSSR count). The third-order valence-corrected chi connectivity index (χ3v) is 4.54. The highest BCUT2D eigenvalue weighted by Crippen LogP contribution is 2.22. The van der Waals surface area contributed by atoms with Crippen molar-refractivity contribution in [3.63, 3.8) is 0 Å². The second kappa shape index (κ2) is 8.83. The number of rotatable bonds is 8. The van der Waals surface area contributed by atoms with E-state index in [0.717, 1.165) is 24.3 Å². The van der Waals surface area contributed by atoms with Gasteiger partial charge in [0.05, 0.1) is 0 Å². The van der Waals surface area contributed by atoms with Crippen LogP contribution in [0.2, 0.25) is 0 Å². The standard InChI is InChI=1S/C21H26N2O3/c1-23(13-18-9-12-21(25)22-18)14-19(24)15-26-20-10-7-17(8-11-20)16-5-3-2-4-6-16/h2-8,10-11,18-19,24H,9,12-15H2,1H3,(H,22,25)/t18-,19?/m0/s1. The molecule has 1 aliphatic rings. The molecule has 5 nitrogen and oxygen atoms in total. The molecule has 2 atom stereocenters. The van der Waals surface area contributed by atoms with Crippen molar-refractivity contribution in [2.24, 2.45) is 0 Å². The Labute approximate surface area is 154 Å². The maximum absolute atomic E-state index is 11.2. The molecule has 1 fully saturated rings. The molecule has 138 valence electrons. The van der Waals surface area contributed by atoms with Crippen molar-refractivity contribution < 1.29 is 14.6 Å². The summed E-state index contributed by atoms with van der Waals surface area (Å²) in [6.07, 6.45) is 0.887. The van der Waals surface area contributed by atoms with E-state index < -0.39 is 6.10 Å². The average molecular weight is 354 g/mol. The maximum atomic E-state index is 11.2. The molecule has 0 aromatic heterocycles. The van der Waals surface area contributed by atoms with Crippen LogP contribution in [0.4, 0.5) is 0 Å². The molecule has 0 saturated carbocycles. The van der Waals surface area contributed by atoms with Gasteiger partial charge in [0.15, 0.2) is 0 Å². The fourth-order valence-electron chi connectivity index (χ4n) is 3.24. The molecular formula is C21H26N2O3. The summed E-state index contributed by atoms with van der Waals surface area (Å²) in [6, 6.07) is 18.3. The summed E-state index contributed by atoms with van der Waals surface area (Å²) < 4.78 is 5.70. The van der Waals surface area contributed by atoms with E-state index in [-0.39, 0.29) is 18.6 Å². The first-order valence-corrected chi connectivity index (χ1v) is 9.04. The maximum Gasteiger partial charge on any atom is 0.220 e. The summed E-state index contributed by atoms with van der Waals surface area (Å²) in [6.45, 7) is 1.50. The second-order valence-corrected chi connectivity index (χ2v) is 6.88. The van der Waals surface area contributed by atoms with Gasteiger partial charge in [-0.2, -0.15) is 0 Å². The van der Waals surface area contributed by atoms with E-state index in [0.29, 0.717) is 13.0 Å². The van der Waals surface area contributed by atoms with Crippen molar-refractivity contribution in [3.8, 4) is 16.9 Å². The number of benzene rings is 2. The first-order valence-electron chi connectivity index (χ1n) is 9.04. The van der Waals surface area contributed by atoms with Crippen LogP contribution in [-0.2, 0) is 4.79 Å². The molecule has 2 aromatic rings. The smallest absolute Gasteiger partial charge is 0.220 e. The van der Waals surface area contributed by atoms with Gasteiger partial charge in [-0.25, -0.2) is 0 Å². The lowest BCUT2D eigenvalue weighted by molar-refractivity contribution is -0.119. The van der Waals surface area contributed by atoms with Gasteiger partial charge in [-0.05, 0) is 36.7 Å². The molecule has 1 unspecified atom stereocenters. The monoisotopic (exact) mass is 354 g/mol. The van der Waals surface area contributed by atoms with E-state index in [2.05, 4.69) is 17.4 Å². The molecule has 0 radical (unpaired) electrons. The van der Waals surface area contributed by atoms with Crippen molar-refractivity contribution in [3.05, 3.63) is 54.6 Å². The van der Waals surface area contributed by atoms with Crippen LogP contribution in [0.15, 0.2) is 54.6 Å². The normalized spacial score (nSPS) is 18.0. The number of nitrogens with one attached hydrogen (secondary N) is 1. The topological polar surface area (TPSA) is 61.8 Å². The summed E-state index contributed by atoms with van der Waals surface area (Å²) >= 11 is 0. The lowest BCUT2D eigenvalue weighted by Crippen LogP contribution is -2.41. The lowest BCUT2D eigenvalue weighted by Gasteiger charge is -2.23. The van der Waals surface area contributed by atoms with Gasteiger partial charge in [0, 0.05) is 25.6 Å². The van der Waals surface area contributed by atoms with Crippen molar-refractivity contribution in [1.29, 1.82) is 0 Å². The van der Waals surface area contributed by atoms with Crippen LogP contribution in [-0.4, -0.2) is 54.8 Å². The number of carbonyl (C=O) groups excluding carboxylic acids is 1. The van der Waals surface area contributed by atoms with E-state index in [1.807, 2.05) is 54.4 Å². The zero-order valence-corrected chi connectivity index (χ0v) is 15.1. The molecule has 1 amide bonds. The van der Waals surface area contributed by atoms with Crippen LogP contribution >= 0.6 is 0 Å². The third kappa shape index (κ3) is 5.31. The summed E-state index contributed by atoms with van der Waals surface area (Å²) in [5.41, 5.74) is 2.30. The number of ether oxygens (including phenoxy) is 1. The zero-order chi connectivity index (χ0) is 18.4. The Bertz CT molecular complexity index is 703. The van der Waals surface area contributed by atoms with Crippen LogP contribution < -0.4 is 10.1 Å². The van der Waals surface area contributed by atoms with Crippen molar-refractivity contribution in [1.82, 2.24) is 10.2 Å². The van der Waals surface area contributed by atoms with Crippen LogP contribution in [0, 0.1) is 0 Å². The first-order chi connectivity index (χ1) is 12.6. The van der Waals surface area contributed by atoms with Crippen molar-refractivity contribution in [2.75, 3.05) is 26.7 Å². The molecule has 2 aromatic carbocycles. The average Bonchev–Trinajstić information content (AvgIpc) is 3.05. The Morgan fingerprint density at radius 3 is 2.50 bits per heavy atom. The minimum atomic E-state index is -0.578. The molecular weight excluding hydrogens is 328 g/mol. The van der Waals surface area contributed by atoms with Gasteiger partial charge in [-0.1, -0.05) is 42.5 Å². The molecule has 1 aliphatic heterocycles. The molecule has 0 aliphatic carbocycles. The summed E-state index contributed by atoms with van der Waals surface area (Å²) in [5, 5.41) is 13.1. The van der Waals surface area contributed by atoms with E-state index in [4.69, 9.17) is 4.74 Å². The SMILES string of the molecule is CN(CC(O)COc1ccc(-c2ccccc2)cc1)C[C@@H]1CCC(=O)N1. The molecule has 5 heteroatoms. The fourth-order valence-corrected chi connectivity index (χ4v) is 3.24. The largest absolute Gasteiger partial charge is 0.491 e. The van der Waals surface area contributed by atoms with Gasteiger partial charge in [-0.3, -0.25) is 4.79 Å².